The maximum Gasteiger partial charge on any atom is 0.246 e. The highest BCUT2D eigenvalue weighted by molar-refractivity contribution is 5.97. The van der Waals surface area contributed by atoms with Crippen LogP contribution in [0.3, 0.4) is 0 Å². The molecule has 0 saturated heterocycles. The van der Waals surface area contributed by atoms with E-state index in [9.17, 15) is 9.59 Å². The second-order valence-corrected chi connectivity index (χ2v) is 5.88. The molecule has 128 valence electrons. The third-order valence-corrected chi connectivity index (χ3v) is 3.53. The first-order chi connectivity index (χ1) is 11.4. The monoisotopic (exact) mass is 329 g/mol. The topological polar surface area (TPSA) is 88.1 Å². The lowest BCUT2D eigenvalue weighted by Gasteiger charge is -2.15. The molecule has 0 aliphatic rings. The summed E-state index contributed by atoms with van der Waals surface area (Å²) in [6, 6.07) is 6.57. The Bertz CT molecular complexity index is 723. The second-order valence-electron chi connectivity index (χ2n) is 5.88. The number of amides is 2. The van der Waals surface area contributed by atoms with Crippen molar-refractivity contribution in [2.24, 2.45) is 13.0 Å². The minimum Gasteiger partial charge on any atom is -0.326 e. The van der Waals surface area contributed by atoms with Crippen molar-refractivity contribution in [3.05, 3.63) is 42.2 Å². The number of anilines is 2. The zero-order valence-corrected chi connectivity index (χ0v) is 14.3. The standard InChI is InChI=1S/C17H23N5O2/c1-11(2)16(23)20-13-6-5-7-14(8-13)21-17(24)15(18-3)12-9-19-22(4)10-12/h5-11,15,18H,1-4H3,(H,20,23)(H,21,24). The van der Waals surface area contributed by atoms with E-state index in [2.05, 4.69) is 21.0 Å². The number of carbonyl (C=O) groups excluding carboxylic acids is 2. The van der Waals surface area contributed by atoms with Gasteiger partial charge in [0.15, 0.2) is 0 Å². The van der Waals surface area contributed by atoms with E-state index < -0.39 is 6.04 Å². The first-order valence-electron chi connectivity index (χ1n) is 7.78. The van der Waals surface area contributed by atoms with E-state index in [4.69, 9.17) is 0 Å². The summed E-state index contributed by atoms with van der Waals surface area (Å²) in [5.74, 6) is -0.373. The number of rotatable bonds is 6. The molecule has 2 amide bonds. The molecule has 7 nitrogen and oxygen atoms in total. The zero-order chi connectivity index (χ0) is 17.7. The third-order valence-electron chi connectivity index (χ3n) is 3.53. The Morgan fingerprint density at radius 1 is 1.12 bits per heavy atom. The predicted octanol–water partition coefficient (Wildman–Crippen LogP) is 1.91. The molecule has 0 bridgehead atoms. The number of nitrogens with one attached hydrogen (secondary N) is 3. The predicted molar refractivity (Wildman–Crippen MR) is 93.5 cm³/mol. The van der Waals surface area contributed by atoms with Crippen molar-refractivity contribution in [3.63, 3.8) is 0 Å². The van der Waals surface area contributed by atoms with E-state index in [0.29, 0.717) is 11.4 Å². The number of nitrogens with zero attached hydrogens (tertiary/aromatic N) is 2. The van der Waals surface area contributed by atoms with Crippen LogP contribution in [0, 0.1) is 5.92 Å². The minimum absolute atomic E-state index is 0.0677. The summed E-state index contributed by atoms with van der Waals surface area (Å²) >= 11 is 0. The molecular formula is C17H23N5O2. The van der Waals surface area contributed by atoms with Crippen LogP contribution in [0.5, 0.6) is 0 Å². The normalized spacial score (nSPS) is 12.0. The molecule has 24 heavy (non-hydrogen) atoms. The van der Waals surface area contributed by atoms with Crippen LogP contribution in [-0.2, 0) is 16.6 Å². The van der Waals surface area contributed by atoms with E-state index in [1.807, 2.05) is 13.8 Å². The molecule has 0 saturated carbocycles. The van der Waals surface area contributed by atoms with Crippen LogP contribution in [0.25, 0.3) is 0 Å². The lowest BCUT2D eigenvalue weighted by molar-refractivity contribution is -0.119. The summed E-state index contributed by atoms with van der Waals surface area (Å²) in [4.78, 5) is 24.3. The van der Waals surface area contributed by atoms with E-state index >= 15 is 0 Å². The number of aryl methyl sites for hydroxylation is 1. The van der Waals surface area contributed by atoms with Gasteiger partial charge in [-0.1, -0.05) is 19.9 Å². The van der Waals surface area contributed by atoms with E-state index in [1.165, 1.54) is 0 Å². The van der Waals surface area contributed by atoms with Crippen LogP contribution in [0.4, 0.5) is 11.4 Å². The van der Waals surface area contributed by atoms with E-state index in [-0.39, 0.29) is 17.7 Å². The van der Waals surface area contributed by atoms with Crippen LogP contribution in [0.15, 0.2) is 36.7 Å². The van der Waals surface area contributed by atoms with Crippen molar-refractivity contribution >= 4 is 23.2 Å². The Kier molecular flexibility index (Phi) is 5.70. The van der Waals surface area contributed by atoms with Gasteiger partial charge < -0.3 is 16.0 Å². The summed E-state index contributed by atoms with van der Waals surface area (Å²) < 4.78 is 1.65. The zero-order valence-electron chi connectivity index (χ0n) is 14.3. The maximum atomic E-state index is 12.5. The van der Waals surface area contributed by atoms with Gasteiger partial charge in [0.2, 0.25) is 11.8 Å². The molecule has 1 heterocycles. The number of benzene rings is 1. The average Bonchev–Trinajstić information content (AvgIpc) is 2.94. The first kappa shape index (κ1) is 17.7. The lowest BCUT2D eigenvalue weighted by Crippen LogP contribution is -2.30. The number of hydrogen-bond acceptors (Lipinski definition) is 4. The van der Waals surface area contributed by atoms with Gasteiger partial charge >= 0.3 is 0 Å². The molecule has 7 heteroatoms. The molecule has 0 spiro atoms. The second kappa shape index (κ2) is 7.74. The van der Waals surface area contributed by atoms with Crippen LogP contribution < -0.4 is 16.0 Å². The maximum absolute atomic E-state index is 12.5. The molecule has 0 radical (unpaired) electrons. The quantitative estimate of drug-likeness (QED) is 0.755. The van der Waals surface area contributed by atoms with Gasteiger partial charge in [0.05, 0.1) is 6.20 Å². The fourth-order valence-electron chi connectivity index (χ4n) is 2.21. The Morgan fingerprint density at radius 3 is 2.25 bits per heavy atom. The third kappa shape index (κ3) is 4.42. The molecule has 1 unspecified atom stereocenters. The van der Waals surface area contributed by atoms with Gasteiger partial charge in [-0.15, -0.1) is 0 Å². The highest BCUT2D eigenvalue weighted by atomic mass is 16.2. The van der Waals surface area contributed by atoms with Gasteiger partial charge in [0, 0.05) is 36.1 Å². The average molecular weight is 329 g/mol. The molecular weight excluding hydrogens is 306 g/mol. The van der Waals surface area contributed by atoms with Crippen molar-refractivity contribution in [1.29, 1.82) is 0 Å². The highest BCUT2D eigenvalue weighted by Gasteiger charge is 2.20. The Morgan fingerprint density at radius 2 is 1.75 bits per heavy atom. The van der Waals surface area contributed by atoms with Crippen LogP contribution in [0.1, 0.15) is 25.5 Å². The van der Waals surface area contributed by atoms with Crippen molar-refractivity contribution in [3.8, 4) is 0 Å². The molecule has 0 aliphatic heterocycles. The van der Waals surface area contributed by atoms with Gasteiger partial charge in [-0.05, 0) is 25.2 Å². The molecule has 2 aromatic rings. The van der Waals surface area contributed by atoms with Crippen molar-refractivity contribution < 1.29 is 9.59 Å². The molecule has 0 fully saturated rings. The number of aromatic nitrogens is 2. The van der Waals surface area contributed by atoms with Crippen LogP contribution in [-0.4, -0.2) is 28.6 Å². The SMILES string of the molecule is CNC(C(=O)Nc1cccc(NC(=O)C(C)C)c1)c1cnn(C)c1. The van der Waals surface area contributed by atoms with Gasteiger partial charge in [0.1, 0.15) is 6.04 Å². The number of carbonyl (C=O) groups is 2. The van der Waals surface area contributed by atoms with E-state index in [0.717, 1.165) is 5.56 Å². The smallest absolute Gasteiger partial charge is 0.246 e. The summed E-state index contributed by atoms with van der Waals surface area (Å²) in [6.07, 6.45) is 3.44. The van der Waals surface area contributed by atoms with E-state index in [1.54, 1.807) is 55.4 Å². The number of hydrogen-bond donors (Lipinski definition) is 3. The molecule has 1 aromatic carbocycles. The first-order valence-corrected chi connectivity index (χ1v) is 7.78. The Labute approximate surface area is 141 Å². The van der Waals surface area contributed by atoms with Gasteiger partial charge in [-0.3, -0.25) is 14.3 Å². The minimum atomic E-state index is -0.507. The van der Waals surface area contributed by atoms with Gasteiger partial charge in [-0.2, -0.15) is 5.10 Å². The fraction of sp³-hybridized carbons (Fsp3) is 0.353. The summed E-state index contributed by atoms with van der Waals surface area (Å²) in [6.45, 7) is 3.65. The van der Waals surface area contributed by atoms with Crippen LogP contribution >= 0.6 is 0 Å². The van der Waals surface area contributed by atoms with Crippen LogP contribution in [0.2, 0.25) is 0 Å². The highest BCUT2D eigenvalue weighted by Crippen LogP contribution is 2.19. The molecule has 2 rings (SSSR count). The summed E-state index contributed by atoms with van der Waals surface area (Å²) in [5.41, 5.74) is 2.04. The molecule has 1 aromatic heterocycles. The fourth-order valence-corrected chi connectivity index (χ4v) is 2.21. The molecule has 0 aliphatic carbocycles. The Balaban J connectivity index is 2.09. The number of likely N-dealkylation sites (N-methyl/N-ethyl adjacent to an activating group) is 1. The summed E-state index contributed by atoms with van der Waals surface area (Å²) in [5, 5.41) is 12.7. The van der Waals surface area contributed by atoms with Crippen molar-refractivity contribution in [2.75, 3.05) is 17.7 Å². The Hall–Kier alpha value is -2.67. The van der Waals surface area contributed by atoms with Gasteiger partial charge in [-0.25, -0.2) is 0 Å². The van der Waals surface area contributed by atoms with Gasteiger partial charge in [0.25, 0.3) is 0 Å². The largest absolute Gasteiger partial charge is 0.326 e. The summed E-state index contributed by atoms with van der Waals surface area (Å²) in [7, 11) is 3.52. The van der Waals surface area contributed by atoms with Crippen molar-refractivity contribution in [2.45, 2.75) is 19.9 Å². The lowest BCUT2D eigenvalue weighted by atomic mass is 10.1. The van der Waals surface area contributed by atoms with Crippen molar-refractivity contribution in [1.82, 2.24) is 15.1 Å². The molecule has 1 atom stereocenters. The molecule has 3 N–H and O–H groups in total.